The first-order valence-electron chi connectivity index (χ1n) is 22.7. The molecule has 66 heavy (non-hydrogen) atoms. The van der Waals surface area contributed by atoms with E-state index in [1.54, 1.807) is 6.92 Å². The second-order valence-electron chi connectivity index (χ2n) is 16.7. The molecule has 0 radical (unpaired) electrons. The molecule has 3 fully saturated rings. The summed E-state index contributed by atoms with van der Waals surface area (Å²) in [5.41, 5.74) is 4.61. The maximum absolute atomic E-state index is 13.6. The molecule has 1 N–H and O–H groups in total. The highest BCUT2D eigenvalue weighted by atomic mass is 16.8. The minimum absolute atomic E-state index is 0.0541. The monoisotopic (exact) mass is 904 g/mol. The van der Waals surface area contributed by atoms with Gasteiger partial charge in [0.1, 0.15) is 42.7 Å². The second kappa shape index (κ2) is 24.2. The number of aliphatic hydroxyl groups is 1. The van der Waals surface area contributed by atoms with E-state index in [4.69, 9.17) is 52.1 Å². The van der Waals surface area contributed by atoms with E-state index in [2.05, 4.69) is 0 Å². The van der Waals surface area contributed by atoms with Gasteiger partial charge in [0, 0.05) is 19.1 Å². The lowest BCUT2D eigenvalue weighted by atomic mass is 9.95. The summed E-state index contributed by atoms with van der Waals surface area (Å²) in [7, 11) is 1.47. The molecule has 3 heterocycles. The number of hydrogen-bond donors (Lipinski definition) is 1. The van der Waals surface area contributed by atoms with E-state index in [-0.39, 0.29) is 45.9 Å². The van der Waals surface area contributed by atoms with Gasteiger partial charge in [0.15, 0.2) is 25.0 Å². The van der Waals surface area contributed by atoms with E-state index in [0.717, 1.165) is 27.8 Å². The molecule has 3 aliphatic rings. The molecule has 3 saturated heterocycles. The predicted molar refractivity (Wildman–Crippen MR) is 241 cm³/mol. The molecule has 8 rings (SSSR count). The minimum Gasteiger partial charge on any atom is -0.454 e. The maximum Gasteiger partial charge on any atom is 0.306 e. The summed E-state index contributed by atoms with van der Waals surface area (Å²) in [5.74, 6) is -0.572. The molecular weight excluding hydrogens is 845 g/mol. The van der Waals surface area contributed by atoms with E-state index in [1.807, 2.05) is 152 Å². The Balaban J connectivity index is 1.18. The van der Waals surface area contributed by atoms with Crippen LogP contribution >= 0.6 is 0 Å². The molecule has 1 unspecified atom stereocenters. The third kappa shape index (κ3) is 13.0. The van der Waals surface area contributed by atoms with Crippen LogP contribution in [0.4, 0.5) is 0 Å². The summed E-state index contributed by atoms with van der Waals surface area (Å²) >= 11 is 0. The molecule has 0 amide bonds. The zero-order chi connectivity index (χ0) is 45.5. The fourth-order valence-electron chi connectivity index (χ4n) is 8.35. The van der Waals surface area contributed by atoms with Gasteiger partial charge >= 0.3 is 5.97 Å². The lowest BCUT2D eigenvalue weighted by molar-refractivity contribution is -0.396. The van der Waals surface area contributed by atoms with Gasteiger partial charge in [-0.2, -0.15) is 0 Å². The lowest BCUT2D eigenvalue weighted by Gasteiger charge is -2.51. The van der Waals surface area contributed by atoms with Crippen molar-refractivity contribution in [1.29, 1.82) is 0 Å². The van der Waals surface area contributed by atoms with Crippen molar-refractivity contribution in [2.45, 2.75) is 120 Å². The van der Waals surface area contributed by atoms with Crippen molar-refractivity contribution in [2.75, 3.05) is 20.3 Å². The Morgan fingerprint density at radius 3 is 1.67 bits per heavy atom. The Bertz CT molecular complexity index is 2150. The largest absolute Gasteiger partial charge is 0.454 e. The average Bonchev–Trinajstić information content (AvgIpc) is 3.36. The molecule has 3 aliphatic heterocycles. The third-order valence-corrected chi connectivity index (χ3v) is 11.8. The third-order valence-electron chi connectivity index (χ3n) is 11.8. The quantitative estimate of drug-likeness (QED) is 0.0724. The summed E-state index contributed by atoms with van der Waals surface area (Å²) < 4.78 is 73.0. The van der Waals surface area contributed by atoms with Crippen molar-refractivity contribution in [3.05, 3.63) is 179 Å². The van der Waals surface area contributed by atoms with Gasteiger partial charge in [-0.1, -0.05) is 152 Å². The Morgan fingerprint density at radius 1 is 0.606 bits per heavy atom. The topological polar surface area (TPSA) is 139 Å². The highest BCUT2D eigenvalue weighted by Crippen LogP contribution is 2.40. The van der Waals surface area contributed by atoms with E-state index in [1.165, 1.54) is 7.11 Å². The smallest absolute Gasteiger partial charge is 0.306 e. The number of methoxy groups -OCH3 is 1. The molecule has 5 aromatic carbocycles. The van der Waals surface area contributed by atoms with Crippen LogP contribution in [-0.4, -0.2) is 98.9 Å². The van der Waals surface area contributed by atoms with Gasteiger partial charge in [0.2, 0.25) is 0 Å². The van der Waals surface area contributed by atoms with Gasteiger partial charge < -0.3 is 57.2 Å². The van der Waals surface area contributed by atoms with Crippen molar-refractivity contribution in [3.8, 4) is 0 Å². The number of rotatable bonds is 21. The van der Waals surface area contributed by atoms with Gasteiger partial charge in [-0.25, -0.2) is 0 Å². The van der Waals surface area contributed by atoms with Crippen LogP contribution in [0.2, 0.25) is 0 Å². The molecular formula is C53H60O13. The zero-order valence-corrected chi connectivity index (χ0v) is 37.4. The Hall–Kier alpha value is -4.87. The van der Waals surface area contributed by atoms with Crippen molar-refractivity contribution in [2.24, 2.45) is 0 Å². The Morgan fingerprint density at radius 2 is 1.12 bits per heavy atom. The fraction of sp³-hybridized carbons (Fsp3) is 0.415. The molecule has 0 bridgehead atoms. The molecule has 350 valence electrons. The second-order valence-corrected chi connectivity index (χ2v) is 16.7. The van der Waals surface area contributed by atoms with Gasteiger partial charge in [-0.15, -0.1) is 0 Å². The molecule has 13 heteroatoms. The first-order chi connectivity index (χ1) is 32.4. The molecule has 0 aromatic heterocycles. The average molecular weight is 905 g/mol. The number of fused-ring (bicyclic) bond motifs is 1. The number of aliphatic hydroxyl groups excluding tert-OH is 1. The Labute approximate surface area is 386 Å². The van der Waals surface area contributed by atoms with E-state index >= 15 is 0 Å². The summed E-state index contributed by atoms with van der Waals surface area (Å²) in [5, 5.41) is 10.1. The van der Waals surface area contributed by atoms with E-state index < -0.39 is 79.8 Å². The summed E-state index contributed by atoms with van der Waals surface area (Å²) in [6.45, 7) is 2.82. The molecule has 0 saturated carbocycles. The van der Waals surface area contributed by atoms with Gasteiger partial charge in [0.25, 0.3) is 0 Å². The normalized spacial score (nSPS) is 28.0. The van der Waals surface area contributed by atoms with Crippen LogP contribution in [-0.2, 0) is 83.3 Å². The van der Waals surface area contributed by atoms with E-state index in [0.29, 0.717) is 6.61 Å². The summed E-state index contributed by atoms with van der Waals surface area (Å²) in [6.07, 6.45) is -10.6. The Kier molecular flexibility index (Phi) is 17.5. The highest BCUT2D eigenvalue weighted by Gasteiger charge is 2.57. The van der Waals surface area contributed by atoms with Crippen LogP contribution in [0.25, 0.3) is 0 Å². The highest BCUT2D eigenvalue weighted by molar-refractivity contribution is 5.69. The maximum atomic E-state index is 13.6. The van der Waals surface area contributed by atoms with Crippen LogP contribution < -0.4 is 0 Å². The number of benzene rings is 5. The van der Waals surface area contributed by atoms with Gasteiger partial charge in [0.05, 0.1) is 45.7 Å². The first-order valence-corrected chi connectivity index (χ1v) is 22.7. The van der Waals surface area contributed by atoms with Crippen molar-refractivity contribution in [3.63, 3.8) is 0 Å². The van der Waals surface area contributed by atoms with Crippen molar-refractivity contribution < 1.29 is 62.0 Å². The number of ether oxygens (including phenoxy) is 11. The van der Waals surface area contributed by atoms with Crippen molar-refractivity contribution >= 4 is 5.97 Å². The molecule has 12 atom stereocenters. The van der Waals surface area contributed by atoms with Crippen LogP contribution in [0, 0.1) is 0 Å². The standard InChI is InChI=1S/C53H60O13/c1-36(54)28-29-44(55)64-50-48(46-43(62-52(50)56-2)35-61-51(65-46)41-26-16-7-17-27-41)66-53-49(60-33-40-24-14-6-15-25-40)47(59-32-39-22-12-5-13-23-39)45(58-31-38-20-10-4-11-21-38)42(63-53)34-57-30-37-18-8-3-9-19-37/h3-27,36,42-43,45-54H,28-35H2,1-2H3/t36?,42-,43-,45-,46+,47+,48+,49-,50-,51+,52-,53+/m1/s1. The molecule has 5 aromatic rings. The van der Waals surface area contributed by atoms with Crippen LogP contribution in [0.5, 0.6) is 0 Å². The zero-order valence-electron chi connectivity index (χ0n) is 37.4. The SMILES string of the molecule is CO[C@@H]1O[C@@H]2CO[C@H](c3ccccc3)O[C@@H]2[C@H](O[C@@H]2O[C@H](COCc3ccccc3)[C@@H](OCc3ccccc3)[C@H](OCc3ccccc3)[C@H]2OCc2ccccc2)[C@H]1OC(=O)CCC(C)O. The van der Waals surface area contributed by atoms with Crippen LogP contribution in [0.15, 0.2) is 152 Å². The number of hydrogen-bond acceptors (Lipinski definition) is 13. The molecule has 13 nitrogen and oxygen atoms in total. The molecule has 0 spiro atoms. The molecule has 0 aliphatic carbocycles. The van der Waals surface area contributed by atoms with Crippen LogP contribution in [0.1, 0.15) is 53.9 Å². The van der Waals surface area contributed by atoms with Crippen molar-refractivity contribution in [1.82, 2.24) is 0 Å². The predicted octanol–water partition coefficient (Wildman–Crippen LogP) is 7.63. The fourth-order valence-corrected chi connectivity index (χ4v) is 8.35. The number of esters is 1. The summed E-state index contributed by atoms with van der Waals surface area (Å²) in [6, 6.07) is 49.1. The van der Waals surface area contributed by atoms with Gasteiger partial charge in [-0.3, -0.25) is 4.79 Å². The first kappa shape index (κ1) is 47.6. The van der Waals surface area contributed by atoms with Gasteiger partial charge in [-0.05, 0) is 35.6 Å². The minimum atomic E-state index is -1.18. The lowest BCUT2D eigenvalue weighted by Crippen LogP contribution is -2.67. The van der Waals surface area contributed by atoms with E-state index in [9.17, 15) is 9.90 Å². The number of carbonyl (C=O) groups excluding carboxylic acids is 1. The number of carbonyl (C=O) groups is 1. The van der Waals surface area contributed by atoms with Crippen LogP contribution in [0.3, 0.4) is 0 Å². The summed E-state index contributed by atoms with van der Waals surface area (Å²) in [4.78, 5) is 13.6.